The fourth-order valence-electron chi connectivity index (χ4n) is 2.20. The van der Waals surface area contributed by atoms with Gasteiger partial charge in [0.1, 0.15) is 5.58 Å². The van der Waals surface area contributed by atoms with E-state index >= 15 is 0 Å². The molecule has 21 heavy (non-hydrogen) atoms. The van der Waals surface area contributed by atoms with Gasteiger partial charge in [0.05, 0.1) is 6.04 Å². The molecular weight excluding hydrogens is 272 g/mol. The van der Waals surface area contributed by atoms with Crippen LogP contribution in [0, 0.1) is 5.92 Å². The summed E-state index contributed by atoms with van der Waals surface area (Å²) in [5, 5.41) is 12.7. The molecule has 0 fully saturated rings. The Morgan fingerprint density at radius 2 is 2.05 bits per heavy atom. The van der Waals surface area contributed by atoms with Crippen LogP contribution in [0.1, 0.15) is 30.0 Å². The quantitative estimate of drug-likeness (QED) is 0.751. The van der Waals surface area contributed by atoms with E-state index in [1.807, 2.05) is 26.0 Å². The molecule has 1 atom stereocenters. The van der Waals surface area contributed by atoms with Crippen molar-refractivity contribution in [3.05, 3.63) is 35.6 Å². The maximum atomic E-state index is 11.3. The number of carbonyl (C=O) groups is 2. The molecule has 112 valence electrons. The summed E-state index contributed by atoms with van der Waals surface area (Å²) in [6.45, 7) is 4.30. The first-order valence-corrected chi connectivity index (χ1v) is 6.67. The first-order chi connectivity index (χ1) is 9.88. The second-order valence-corrected chi connectivity index (χ2v) is 5.29. The van der Waals surface area contributed by atoms with Gasteiger partial charge in [-0.2, -0.15) is 0 Å². The van der Waals surface area contributed by atoms with Crippen molar-refractivity contribution < 1.29 is 19.1 Å². The van der Waals surface area contributed by atoms with Gasteiger partial charge in [0, 0.05) is 11.9 Å². The average Bonchev–Trinajstić information content (AvgIpc) is 2.81. The van der Waals surface area contributed by atoms with Crippen molar-refractivity contribution in [2.75, 3.05) is 0 Å². The number of nitrogens with two attached hydrogens (primary N) is 1. The Morgan fingerprint density at radius 1 is 1.33 bits per heavy atom. The van der Waals surface area contributed by atoms with Gasteiger partial charge in [0.2, 0.25) is 11.7 Å². The summed E-state index contributed by atoms with van der Waals surface area (Å²) < 4.78 is 5.19. The van der Waals surface area contributed by atoms with Gasteiger partial charge in [-0.25, -0.2) is 4.79 Å². The van der Waals surface area contributed by atoms with Crippen LogP contribution in [0.15, 0.2) is 28.7 Å². The van der Waals surface area contributed by atoms with Gasteiger partial charge in [-0.3, -0.25) is 4.79 Å². The van der Waals surface area contributed by atoms with E-state index in [4.69, 9.17) is 15.3 Å². The van der Waals surface area contributed by atoms with Gasteiger partial charge in [-0.15, -0.1) is 0 Å². The highest BCUT2D eigenvalue weighted by molar-refractivity contribution is 5.91. The number of hydrogen-bond donors (Lipinski definition) is 3. The Balaban J connectivity index is 2.15. The molecule has 1 aromatic heterocycles. The van der Waals surface area contributed by atoms with Crippen molar-refractivity contribution in [2.24, 2.45) is 11.7 Å². The fourth-order valence-corrected chi connectivity index (χ4v) is 2.20. The highest BCUT2D eigenvalue weighted by Crippen LogP contribution is 2.21. The lowest BCUT2D eigenvalue weighted by molar-refractivity contribution is -0.121. The molecule has 0 saturated carbocycles. The van der Waals surface area contributed by atoms with E-state index in [-0.39, 0.29) is 17.6 Å². The van der Waals surface area contributed by atoms with Crippen molar-refractivity contribution in [2.45, 2.75) is 26.4 Å². The van der Waals surface area contributed by atoms with Crippen LogP contribution >= 0.6 is 0 Å². The van der Waals surface area contributed by atoms with Gasteiger partial charge in [0.15, 0.2) is 0 Å². The van der Waals surface area contributed by atoms with Crippen LogP contribution < -0.4 is 11.1 Å². The second kappa shape index (κ2) is 5.97. The molecule has 6 heteroatoms. The summed E-state index contributed by atoms with van der Waals surface area (Å²) >= 11 is 0. The number of aromatic carboxylic acids is 1. The zero-order valence-electron chi connectivity index (χ0n) is 11.9. The van der Waals surface area contributed by atoms with Crippen LogP contribution in [0.25, 0.3) is 11.0 Å². The number of carboxylic acids is 1. The number of fused-ring (bicyclic) bond motifs is 1. The molecular formula is C15H18N2O4. The first-order valence-electron chi connectivity index (χ1n) is 6.67. The lowest BCUT2D eigenvalue weighted by Gasteiger charge is -2.18. The summed E-state index contributed by atoms with van der Waals surface area (Å²) in [7, 11) is 0. The number of benzene rings is 1. The number of rotatable bonds is 6. The second-order valence-electron chi connectivity index (χ2n) is 5.29. The van der Waals surface area contributed by atoms with Crippen molar-refractivity contribution >= 4 is 22.8 Å². The zero-order chi connectivity index (χ0) is 15.6. The van der Waals surface area contributed by atoms with E-state index in [0.29, 0.717) is 17.5 Å². The zero-order valence-corrected chi connectivity index (χ0v) is 11.9. The molecule has 0 aliphatic rings. The third-order valence-electron chi connectivity index (χ3n) is 3.29. The Bertz CT molecular complexity index is 675. The average molecular weight is 290 g/mol. The van der Waals surface area contributed by atoms with E-state index in [9.17, 15) is 9.59 Å². The van der Waals surface area contributed by atoms with Crippen LogP contribution in [0.2, 0.25) is 0 Å². The molecule has 2 aromatic rings. The third-order valence-corrected chi connectivity index (χ3v) is 3.29. The first kappa shape index (κ1) is 15.1. The molecule has 4 N–H and O–H groups in total. The summed E-state index contributed by atoms with van der Waals surface area (Å²) in [6.07, 6.45) is 0. The number of amides is 1. The molecule has 1 aromatic carbocycles. The minimum Gasteiger partial charge on any atom is -0.475 e. The van der Waals surface area contributed by atoms with Crippen LogP contribution in [0.5, 0.6) is 0 Å². The fraction of sp³-hybridized carbons (Fsp3) is 0.333. The Kier molecular flexibility index (Phi) is 4.28. The summed E-state index contributed by atoms with van der Waals surface area (Å²) in [5.41, 5.74) is 6.79. The van der Waals surface area contributed by atoms with Crippen LogP contribution in [-0.2, 0) is 11.3 Å². The van der Waals surface area contributed by atoms with E-state index in [1.54, 1.807) is 6.07 Å². The van der Waals surface area contributed by atoms with Crippen LogP contribution in [0.4, 0.5) is 0 Å². The SMILES string of the molecule is CC(C)C(NCc1ccc2oc(C(=O)O)cc2c1)C(N)=O. The van der Waals surface area contributed by atoms with Gasteiger partial charge < -0.3 is 20.6 Å². The summed E-state index contributed by atoms with van der Waals surface area (Å²) in [4.78, 5) is 22.2. The maximum Gasteiger partial charge on any atom is 0.371 e. The lowest BCUT2D eigenvalue weighted by Crippen LogP contribution is -2.44. The Labute approximate surface area is 121 Å². The highest BCUT2D eigenvalue weighted by atomic mass is 16.4. The number of hydrogen-bond acceptors (Lipinski definition) is 4. The molecule has 2 rings (SSSR count). The molecule has 1 heterocycles. The lowest BCUT2D eigenvalue weighted by atomic mass is 10.0. The summed E-state index contributed by atoms with van der Waals surface area (Å²) in [6, 6.07) is 6.45. The van der Waals surface area contributed by atoms with Gasteiger partial charge >= 0.3 is 5.97 Å². The number of furan rings is 1. The van der Waals surface area contributed by atoms with Gasteiger partial charge in [0.25, 0.3) is 0 Å². The smallest absolute Gasteiger partial charge is 0.371 e. The predicted molar refractivity (Wildman–Crippen MR) is 77.8 cm³/mol. The molecule has 6 nitrogen and oxygen atoms in total. The third kappa shape index (κ3) is 3.41. The topological polar surface area (TPSA) is 106 Å². The summed E-state index contributed by atoms with van der Waals surface area (Å²) in [5.74, 6) is -1.48. The van der Waals surface area contributed by atoms with Crippen molar-refractivity contribution in [1.82, 2.24) is 5.32 Å². The highest BCUT2D eigenvalue weighted by Gasteiger charge is 2.18. The predicted octanol–water partition coefficient (Wildman–Crippen LogP) is 1.73. The van der Waals surface area contributed by atoms with E-state index in [2.05, 4.69) is 5.32 Å². The normalized spacial score (nSPS) is 12.7. The maximum absolute atomic E-state index is 11.3. The van der Waals surface area contributed by atoms with Gasteiger partial charge in [-0.05, 0) is 29.7 Å². The molecule has 1 unspecified atom stereocenters. The van der Waals surface area contributed by atoms with Crippen molar-refractivity contribution in [3.63, 3.8) is 0 Å². The Hall–Kier alpha value is -2.34. The number of nitrogens with one attached hydrogen (secondary N) is 1. The molecule has 0 aliphatic heterocycles. The van der Waals surface area contributed by atoms with Crippen molar-refractivity contribution in [1.29, 1.82) is 0 Å². The Morgan fingerprint density at radius 3 is 2.62 bits per heavy atom. The standard InChI is InChI=1S/C15H18N2O4/c1-8(2)13(14(16)18)17-7-9-3-4-11-10(5-9)6-12(21-11)15(19)20/h3-6,8,13,17H,7H2,1-2H3,(H2,16,18)(H,19,20). The van der Waals surface area contributed by atoms with Gasteiger partial charge in [-0.1, -0.05) is 19.9 Å². The van der Waals surface area contributed by atoms with Crippen LogP contribution in [-0.4, -0.2) is 23.0 Å². The number of carboxylic acid groups (broad SMARTS) is 1. The monoisotopic (exact) mass is 290 g/mol. The van der Waals surface area contributed by atoms with E-state index in [0.717, 1.165) is 5.56 Å². The molecule has 0 spiro atoms. The van der Waals surface area contributed by atoms with Crippen molar-refractivity contribution in [3.8, 4) is 0 Å². The molecule has 0 radical (unpaired) electrons. The number of carbonyl (C=O) groups excluding carboxylic acids is 1. The molecule has 1 amide bonds. The van der Waals surface area contributed by atoms with E-state index < -0.39 is 12.0 Å². The minimum absolute atomic E-state index is 0.0905. The number of primary amides is 1. The molecule has 0 aliphatic carbocycles. The minimum atomic E-state index is -1.10. The van der Waals surface area contributed by atoms with E-state index in [1.165, 1.54) is 6.07 Å². The largest absolute Gasteiger partial charge is 0.475 e. The molecule has 0 saturated heterocycles. The molecule has 0 bridgehead atoms. The van der Waals surface area contributed by atoms with Crippen LogP contribution in [0.3, 0.4) is 0 Å².